The van der Waals surface area contributed by atoms with Crippen molar-refractivity contribution in [2.45, 2.75) is 45.3 Å². The summed E-state index contributed by atoms with van der Waals surface area (Å²) in [6.07, 6.45) is 3.58. The number of hydrogen-bond acceptors (Lipinski definition) is 5. The van der Waals surface area contributed by atoms with Gasteiger partial charge < -0.3 is 14.0 Å². The van der Waals surface area contributed by atoms with Gasteiger partial charge in [-0.2, -0.15) is 5.26 Å². The number of aromatic nitrogens is 2. The Bertz CT molecular complexity index is 939. The van der Waals surface area contributed by atoms with Crippen molar-refractivity contribution in [3.8, 4) is 11.8 Å². The van der Waals surface area contributed by atoms with Crippen molar-refractivity contribution < 1.29 is 14.3 Å². The molecule has 1 aromatic carbocycles. The lowest BCUT2D eigenvalue weighted by Gasteiger charge is -2.46. The molecule has 2 aromatic rings. The van der Waals surface area contributed by atoms with Crippen molar-refractivity contribution in [3.05, 3.63) is 47.5 Å². The molecule has 0 radical (unpaired) electrons. The average molecular weight is 379 g/mol. The maximum atomic E-state index is 12.6. The number of rotatable bonds is 3. The number of imidazole rings is 1. The molecule has 28 heavy (non-hydrogen) atoms. The number of nitrogens with zero attached hydrogens (tertiary/aromatic N) is 3. The van der Waals surface area contributed by atoms with Crippen LogP contribution in [0.25, 0.3) is 0 Å². The first-order valence-corrected chi connectivity index (χ1v) is 9.64. The Hall–Kier alpha value is -2.65. The van der Waals surface area contributed by atoms with Gasteiger partial charge in [0.2, 0.25) is 0 Å². The van der Waals surface area contributed by atoms with Crippen LogP contribution in [-0.4, -0.2) is 29.1 Å². The van der Waals surface area contributed by atoms with Gasteiger partial charge in [0.25, 0.3) is 0 Å². The second-order valence-electron chi connectivity index (χ2n) is 8.42. The van der Waals surface area contributed by atoms with Crippen LogP contribution < -0.4 is 4.74 Å². The summed E-state index contributed by atoms with van der Waals surface area (Å²) in [4.78, 5) is 17.3. The number of ketones is 1. The molecule has 2 heterocycles. The number of Topliss-reactive ketones (excluding diaryl/α,β-unsaturated/α-hetero) is 1. The molecule has 0 bridgehead atoms. The summed E-state index contributed by atoms with van der Waals surface area (Å²) in [7, 11) is 1.66. The number of carbonyl (C=O) groups is 1. The molecule has 1 aromatic heterocycles. The van der Waals surface area contributed by atoms with Crippen LogP contribution in [0.15, 0.2) is 30.6 Å². The van der Waals surface area contributed by atoms with Gasteiger partial charge in [-0.15, -0.1) is 0 Å². The van der Waals surface area contributed by atoms with Crippen LogP contribution >= 0.6 is 0 Å². The molecular formula is C22H25N3O3. The third-order valence-corrected chi connectivity index (χ3v) is 6.01. The summed E-state index contributed by atoms with van der Waals surface area (Å²) >= 11 is 0. The predicted molar refractivity (Wildman–Crippen MR) is 103 cm³/mol. The van der Waals surface area contributed by atoms with E-state index in [0.717, 1.165) is 29.1 Å². The number of ether oxygens (including phenoxy) is 2. The number of carbonyl (C=O) groups excluding carboxylic acids is 1. The molecule has 2 unspecified atom stereocenters. The van der Waals surface area contributed by atoms with Crippen molar-refractivity contribution in [2.24, 2.45) is 11.3 Å². The van der Waals surface area contributed by atoms with Crippen LogP contribution in [0.2, 0.25) is 0 Å². The molecule has 1 aliphatic heterocycles. The molecule has 1 spiro atoms. The van der Waals surface area contributed by atoms with E-state index in [1.807, 2.05) is 32.3 Å². The maximum absolute atomic E-state index is 12.6. The Morgan fingerprint density at radius 3 is 2.79 bits per heavy atom. The smallest absolute Gasteiger partial charge is 0.155 e. The van der Waals surface area contributed by atoms with Crippen LogP contribution in [-0.2, 0) is 28.1 Å². The van der Waals surface area contributed by atoms with Gasteiger partial charge in [-0.3, -0.25) is 4.79 Å². The zero-order valence-electron chi connectivity index (χ0n) is 16.6. The van der Waals surface area contributed by atoms with Crippen LogP contribution in [0.4, 0.5) is 0 Å². The summed E-state index contributed by atoms with van der Waals surface area (Å²) in [5.41, 5.74) is 1.94. The van der Waals surface area contributed by atoms with Crippen molar-refractivity contribution >= 4 is 5.78 Å². The molecule has 6 nitrogen and oxygen atoms in total. The number of hydrogen-bond donors (Lipinski definition) is 0. The molecule has 6 heteroatoms. The van der Waals surface area contributed by atoms with E-state index in [1.54, 1.807) is 7.11 Å². The molecule has 146 valence electrons. The fourth-order valence-electron chi connectivity index (χ4n) is 4.69. The van der Waals surface area contributed by atoms with Gasteiger partial charge in [0.15, 0.2) is 5.78 Å². The monoisotopic (exact) mass is 379 g/mol. The van der Waals surface area contributed by atoms with Gasteiger partial charge in [0, 0.05) is 30.5 Å². The maximum Gasteiger partial charge on any atom is 0.155 e. The zero-order chi connectivity index (χ0) is 19.9. The third kappa shape index (κ3) is 3.00. The molecule has 0 N–H and O–H groups in total. The topological polar surface area (TPSA) is 77.1 Å². The SMILES string of the molecule is COc1ccc(Cn2cnc3c2CCOC32CC(C#N)C(=O)C(C)(C)C2)cc1. The summed E-state index contributed by atoms with van der Waals surface area (Å²) in [6, 6.07) is 10.2. The van der Waals surface area contributed by atoms with Gasteiger partial charge in [-0.25, -0.2) is 4.98 Å². The lowest BCUT2D eigenvalue weighted by molar-refractivity contribution is -0.156. The van der Waals surface area contributed by atoms with Crippen molar-refractivity contribution in [1.29, 1.82) is 5.26 Å². The lowest BCUT2D eigenvalue weighted by atomic mass is 9.63. The highest BCUT2D eigenvalue weighted by molar-refractivity contribution is 5.89. The van der Waals surface area contributed by atoms with E-state index in [9.17, 15) is 10.1 Å². The minimum atomic E-state index is -0.656. The van der Waals surface area contributed by atoms with Crippen LogP contribution in [0.1, 0.15) is 43.6 Å². The van der Waals surface area contributed by atoms with Gasteiger partial charge >= 0.3 is 0 Å². The first-order valence-electron chi connectivity index (χ1n) is 9.64. The predicted octanol–water partition coefficient (Wildman–Crippen LogP) is 3.24. The van der Waals surface area contributed by atoms with Crippen molar-refractivity contribution in [1.82, 2.24) is 9.55 Å². The van der Waals surface area contributed by atoms with Gasteiger partial charge in [0.1, 0.15) is 17.3 Å². The Morgan fingerprint density at radius 2 is 2.11 bits per heavy atom. The molecule has 0 amide bonds. The van der Waals surface area contributed by atoms with E-state index in [2.05, 4.69) is 22.8 Å². The largest absolute Gasteiger partial charge is 0.497 e. The standard InChI is InChI=1S/C22H25N3O3/c1-21(2)13-22(10-16(11-23)20(21)26)19-18(8-9-28-22)25(14-24-19)12-15-4-6-17(27-3)7-5-15/h4-7,14,16H,8-10,12-13H2,1-3H3. The number of benzene rings is 1. The van der Waals surface area contributed by atoms with Crippen LogP contribution in [0.5, 0.6) is 5.75 Å². The number of nitriles is 1. The molecule has 1 aliphatic carbocycles. The normalized spacial score (nSPS) is 25.9. The quantitative estimate of drug-likeness (QED) is 0.818. The average Bonchev–Trinajstić information content (AvgIpc) is 3.09. The van der Waals surface area contributed by atoms with Gasteiger partial charge in [-0.05, 0) is 24.1 Å². The van der Waals surface area contributed by atoms with E-state index in [4.69, 9.17) is 14.5 Å². The van der Waals surface area contributed by atoms with Crippen LogP contribution in [0.3, 0.4) is 0 Å². The highest BCUT2D eigenvalue weighted by Crippen LogP contribution is 2.50. The van der Waals surface area contributed by atoms with E-state index in [-0.39, 0.29) is 5.78 Å². The Balaban J connectivity index is 1.67. The zero-order valence-corrected chi connectivity index (χ0v) is 16.6. The van der Waals surface area contributed by atoms with E-state index < -0.39 is 16.9 Å². The second kappa shape index (κ2) is 6.75. The summed E-state index contributed by atoms with van der Waals surface area (Å²) in [5.74, 6) is 0.191. The lowest BCUT2D eigenvalue weighted by Crippen LogP contribution is -2.50. The molecule has 2 aliphatic rings. The first kappa shape index (κ1) is 18.7. The van der Waals surface area contributed by atoms with Crippen molar-refractivity contribution in [3.63, 3.8) is 0 Å². The fraction of sp³-hybridized carbons (Fsp3) is 0.500. The fourth-order valence-corrected chi connectivity index (χ4v) is 4.69. The first-order chi connectivity index (χ1) is 13.4. The van der Waals surface area contributed by atoms with Gasteiger partial charge in [0.05, 0.1) is 31.8 Å². The highest BCUT2D eigenvalue weighted by Gasteiger charge is 2.54. The molecule has 1 fully saturated rings. The Labute approximate surface area is 165 Å². The van der Waals surface area contributed by atoms with Gasteiger partial charge in [-0.1, -0.05) is 26.0 Å². The van der Waals surface area contributed by atoms with E-state index in [1.165, 1.54) is 0 Å². The van der Waals surface area contributed by atoms with Crippen LogP contribution in [0, 0.1) is 22.7 Å². The highest BCUT2D eigenvalue weighted by atomic mass is 16.5. The minimum absolute atomic E-state index is 0.00835. The number of methoxy groups -OCH3 is 1. The van der Waals surface area contributed by atoms with Crippen molar-refractivity contribution in [2.75, 3.05) is 13.7 Å². The minimum Gasteiger partial charge on any atom is -0.497 e. The molecule has 0 saturated heterocycles. The van der Waals surface area contributed by atoms with E-state index in [0.29, 0.717) is 26.0 Å². The summed E-state index contributed by atoms with van der Waals surface area (Å²) in [6.45, 7) is 5.11. The molecular weight excluding hydrogens is 354 g/mol. The molecule has 1 saturated carbocycles. The summed E-state index contributed by atoms with van der Waals surface area (Å²) < 4.78 is 13.6. The Kier molecular flexibility index (Phi) is 4.51. The summed E-state index contributed by atoms with van der Waals surface area (Å²) in [5, 5.41) is 9.54. The molecule has 4 rings (SSSR count). The van der Waals surface area contributed by atoms with E-state index >= 15 is 0 Å². The number of fused-ring (bicyclic) bond motifs is 2. The Morgan fingerprint density at radius 1 is 1.36 bits per heavy atom. The third-order valence-electron chi connectivity index (χ3n) is 6.01. The molecule has 2 atom stereocenters. The second-order valence-corrected chi connectivity index (χ2v) is 8.42.